The van der Waals surface area contributed by atoms with Crippen LogP contribution in [0.25, 0.3) is 0 Å². The second-order valence-corrected chi connectivity index (χ2v) is 4.66. The van der Waals surface area contributed by atoms with Crippen molar-refractivity contribution >= 4 is 0 Å². The zero-order valence-corrected chi connectivity index (χ0v) is 11.5. The highest BCUT2D eigenvalue weighted by molar-refractivity contribution is 5.27. The van der Waals surface area contributed by atoms with Gasteiger partial charge in [-0.2, -0.15) is 0 Å². The minimum Gasteiger partial charge on any atom is -0.508 e. The molecule has 3 heteroatoms. The van der Waals surface area contributed by atoms with E-state index in [0.29, 0.717) is 11.8 Å². The molecule has 0 amide bonds. The summed E-state index contributed by atoms with van der Waals surface area (Å²) in [5, 5.41) is 13.0. The Morgan fingerprint density at radius 3 is 2.89 bits per heavy atom. The molecule has 18 heavy (non-hydrogen) atoms. The van der Waals surface area contributed by atoms with Gasteiger partial charge in [-0.3, -0.25) is 0 Å². The molecule has 1 aromatic rings. The molecule has 0 aliphatic heterocycles. The van der Waals surface area contributed by atoms with Crippen LogP contribution in [0.2, 0.25) is 0 Å². The van der Waals surface area contributed by atoms with Crippen LogP contribution in [0.1, 0.15) is 31.7 Å². The van der Waals surface area contributed by atoms with Crippen molar-refractivity contribution in [2.45, 2.75) is 38.6 Å². The first-order valence-corrected chi connectivity index (χ1v) is 6.76. The quantitative estimate of drug-likeness (QED) is 0.663. The number of rotatable bonds is 9. The molecule has 0 heterocycles. The fourth-order valence-electron chi connectivity index (χ4n) is 2.07. The van der Waals surface area contributed by atoms with Crippen LogP contribution < -0.4 is 5.32 Å². The van der Waals surface area contributed by atoms with E-state index in [4.69, 9.17) is 4.74 Å². The molecule has 1 unspecified atom stereocenters. The molecule has 2 N–H and O–H groups in total. The second-order valence-electron chi connectivity index (χ2n) is 4.66. The van der Waals surface area contributed by atoms with Gasteiger partial charge in [-0.1, -0.05) is 19.1 Å². The Hall–Kier alpha value is -1.06. The Bertz CT molecular complexity index is 328. The highest BCUT2D eigenvalue weighted by atomic mass is 16.5. The Morgan fingerprint density at radius 1 is 1.39 bits per heavy atom. The fourth-order valence-corrected chi connectivity index (χ4v) is 2.07. The first kappa shape index (κ1) is 15.0. The van der Waals surface area contributed by atoms with E-state index >= 15 is 0 Å². The number of nitrogens with one attached hydrogen (secondary N) is 1. The van der Waals surface area contributed by atoms with E-state index in [9.17, 15) is 5.11 Å². The summed E-state index contributed by atoms with van der Waals surface area (Å²) in [6, 6.07) is 7.98. The highest BCUT2D eigenvalue weighted by Gasteiger charge is 2.08. The predicted molar refractivity (Wildman–Crippen MR) is 75.0 cm³/mol. The maximum atomic E-state index is 9.48. The second kappa shape index (κ2) is 8.95. The predicted octanol–water partition coefficient (Wildman–Crippen LogP) is 2.73. The molecule has 0 radical (unpaired) electrons. The normalized spacial score (nSPS) is 12.6. The van der Waals surface area contributed by atoms with E-state index in [1.165, 1.54) is 5.56 Å². The lowest BCUT2D eigenvalue weighted by atomic mass is 10.0. The van der Waals surface area contributed by atoms with Crippen LogP contribution in [-0.2, 0) is 11.2 Å². The van der Waals surface area contributed by atoms with E-state index in [2.05, 4.69) is 18.3 Å². The molecule has 0 aliphatic carbocycles. The molecular weight excluding hydrogens is 226 g/mol. The molecule has 0 spiro atoms. The number of benzene rings is 1. The summed E-state index contributed by atoms with van der Waals surface area (Å²) in [6.07, 6.45) is 4.26. The Kier molecular flexibility index (Phi) is 7.46. The van der Waals surface area contributed by atoms with Crippen molar-refractivity contribution in [3.63, 3.8) is 0 Å². The molecule has 0 bridgehead atoms. The van der Waals surface area contributed by atoms with Gasteiger partial charge in [0, 0.05) is 19.8 Å². The summed E-state index contributed by atoms with van der Waals surface area (Å²) in [4.78, 5) is 0. The monoisotopic (exact) mass is 251 g/mol. The topological polar surface area (TPSA) is 41.5 Å². The summed E-state index contributed by atoms with van der Waals surface area (Å²) in [7, 11) is 1.74. The number of hydrogen-bond acceptors (Lipinski definition) is 3. The fraction of sp³-hybridized carbons (Fsp3) is 0.600. The average molecular weight is 251 g/mol. The summed E-state index contributed by atoms with van der Waals surface area (Å²) in [5.41, 5.74) is 1.18. The molecule has 0 saturated carbocycles. The molecule has 0 saturated heterocycles. The number of hydrogen-bond donors (Lipinski definition) is 2. The molecule has 1 atom stereocenters. The smallest absolute Gasteiger partial charge is 0.115 e. The molecule has 0 aliphatic rings. The summed E-state index contributed by atoms with van der Waals surface area (Å²) in [5.74, 6) is 0.346. The Morgan fingerprint density at radius 2 is 2.22 bits per heavy atom. The van der Waals surface area contributed by atoms with Crippen LogP contribution in [0.15, 0.2) is 24.3 Å². The van der Waals surface area contributed by atoms with Crippen LogP contribution in [0.3, 0.4) is 0 Å². The maximum absolute atomic E-state index is 9.48. The zero-order valence-electron chi connectivity index (χ0n) is 11.5. The minimum atomic E-state index is 0.346. The standard InChI is InChI=1S/C15H25NO2/c1-3-9-16-14(7-5-10-18-2)11-13-6-4-8-15(17)12-13/h4,6,8,12,14,16-17H,3,5,7,9-11H2,1-2H3. The lowest BCUT2D eigenvalue weighted by Crippen LogP contribution is -2.32. The van der Waals surface area contributed by atoms with Gasteiger partial charge in [0.2, 0.25) is 0 Å². The number of aromatic hydroxyl groups is 1. The number of methoxy groups -OCH3 is 1. The third kappa shape index (κ3) is 6.03. The first-order valence-electron chi connectivity index (χ1n) is 6.76. The van der Waals surface area contributed by atoms with Gasteiger partial charge in [0.05, 0.1) is 0 Å². The van der Waals surface area contributed by atoms with Crippen LogP contribution in [-0.4, -0.2) is 31.4 Å². The molecule has 0 fully saturated rings. The van der Waals surface area contributed by atoms with Gasteiger partial charge < -0.3 is 15.2 Å². The Balaban J connectivity index is 2.48. The van der Waals surface area contributed by atoms with Crippen molar-refractivity contribution in [3.8, 4) is 5.75 Å². The van der Waals surface area contributed by atoms with Crippen molar-refractivity contribution in [2.24, 2.45) is 0 Å². The van der Waals surface area contributed by atoms with Gasteiger partial charge in [0.1, 0.15) is 5.75 Å². The number of ether oxygens (including phenoxy) is 1. The van der Waals surface area contributed by atoms with Crippen molar-refractivity contribution in [1.29, 1.82) is 0 Å². The summed E-state index contributed by atoms with van der Waals surface area (Å²) in [6.45, 7) is 4.02. The van der Waals surface area contributed by atoms with Gasteiger partial charge >= 0.3 is 0 Å². The molecule has 3 nitrogen and oxygen atoms in total. The molecule has 1 rings (SSSR count). The Labute approximate surface area is 110 Å². The van der Waals surface area contributed by atoms with Crippen LogP contribution in [0, 0.1) is 0 Å². The van der Waals surface area contributed by atoms with Gasteiger partial charge in [0.25, 0.3) is 0 Å². The van der Waals surface area contributed by atoms with Gasteiger partial charge in [0.15, 0.2) is 0 Å². The van der Waals surface area contributed by atoms with Crippen molar-refractivity contribution in [2.75, 3.05) is 20.3 Å². The van der Waals surface area contributed by atoms with Gasteiger partial charge in [-0.05, 0) is 49.9 Å². The lowest BCUT2D eigenvalue weighted by molar-refractivity contribution is 0.188. The maximum Gasteiger partial charge on any atom is 0.115 e. The zero-order chi connectivity index (χ0) is 13.2. The van der Waals surface area contributed by atoms with E-state index in [0.717, 1.165) is 38.8 Å². The van der Waals surface area contributed by atoms with Crippen molar-refractivity contribution in [3.05, 3.63) is 29.8 Å². The van der Waals surface area contributed by atoms with Gasteiger partial charge in [-0.25, -0.2) is 0 Å². The minimum absolute atomic E-state index is 0.346. The van der Waals surface area contributed by atoms with Crippen molar-refractivity contribution in [1.82, 2.24) is 5.32 Å². The molecule has 0 aromatic heterocycles. The average Bonchev–Trinajstić information content (AvgIpc) is 2.36. The van der Waals surface area contributed by atoms with E-state index in [1.807, 2.05) is 12.1 Å². The SMILES string of the molecule is CCCNC(CCCOC)Cc1cccc(O)c1. The largest absolute Gasteiger partial charge is 0.508 e. The van der Waals surface area contributed by atoms with Crippen LogP contribution in [0.5, 0.6) is 5.75 Å². The van der Waals surface area contributed by atoms with E-state index < -0.39 is 0 Å². The number of phenolic OH excluding ortho intramolecular Hbond substituents is 1. The van der Waals surface area contributed by atoms with Crippen molar-refractivity contribution < 1.29 is 9.84 Å². The third-order valence-corrected chi connectivity index (χ3v) is 2.98. The summed E-state index contributed by atoms with van der Waals surface area (Å²) >= 11 is 0. The van der Waals surface area contributed by atoms with E-state index in [1.54, 1.807) is 13.2 Å². The molecule has 1 aromatic carbocycles. The van der Waals surface area contributed by atoms with Crippen LogP contribution in [0.4, 0.5) is 0 Å². The highest BCUT2D eigenvalue weighted by Crippen LogP contribution is 2.14. The third-order valence-electron chi connectivity index (χ3n) is 2.98. The molecular formula is C15H25NO2. The van der Waals surface area contributed by atoms with E-state index in [-0.39, 0.29) is 0 Å². The first-order chi connectivity index (χ1) is 8.76. The lowest BCUT2D eigenvalue weighted by Gasteiger charge is -2.18. The van der Waals surface area contributed by atoms with Crippen LogP contribution >= 0.6 is 0 Å². The van der Waals surface area contributed by atoms with Gasteiger partial charge in [-0.15, -0.1) is 0 Å². The number of phenols is 1. The summed E-state index contributed by atoms with van der Waals surface area (Å²) < 4.78 is 5.10. The molecule has 102 valence electrons.